The Hall–Kier alpha value is -3.48. The highest BCUT2D eigenvalue weighted by molar-refractivity contribution is 7.89. The number of pyridine rings is 1. The van der Waals surface area contributed by atoms with Crippen LogP contribution >= 0.6 is 11.3 Å². The number of urea groups is 1. The molecule has 3 N–H and O–H groups in total. The predicted octanol–water partition coefficient (Wildman–Crippen LogP) is 4.25. The van der Waals surface area contributed by atoms with E-state index in [4.69, 9.17) is 4.74 Å². The maximum Gasteiger partial charge on any atom is 0.323 e. The van der Waals surface area contributed by atoms with Gasteiger partial charge in [-0.1, -0.05) is 20.8 Å². The second kappa shape index (κ2) is 10.9. The molecule has 0 aliphatic carbocycles. The molecule has 10 nitrogen and oxygen atoms in total. The van der Waals surface area contributed by atoms with Crippen molar-refractivity contribution in [2.24, 2.45) is 0 Å². The molecule has 0 spiro atoms. The van der Waals surface area contributed by atoms with Crippen molar-refractivity contribution in [3.8, 4) is 11.5 Å². The number of ether oxygens (including phenoxy) is 1. The molecule has 12 heteroatoms. The van der Waals surface area contributed by atoms with Gasteiger partial charge in [0.1, 0.15) is 16.4 Å². The average Bonchev–Trinajstić information content (AvgIpc) is 3.18. The predicted molar refractivity (Wildman–Crippen MR) is 144 cm³/mol. The van der Waals surface area contributed by atoms with Crippen molar-refractivity contribution in [1.82, 2.24) is 14.6 Å². The standard InChI is InChI=1S/C25H29N5O5S2/c1-25(2,3)21-16-20(22(36-21)23(31)30-13-12-27-37(33,34)15-14-30)29-24(32)28-17-4-6-18(7-5-17)35-19-8-10-26-11-9-19/h4-11,16,27H,12-15H2,1-3H3,(H2,28,29,32). The monoisotopic (exact) mass is 543 g/mol. The minimum atomic E-state index is -3.40. The molecule has 37 heavy (non-hydrogen) atoms. The molecule has 1 aliphatic heterocycles. The van der Waals surface area contributed by atoms with E-state index in [-0.39, 0.29) is 36.7 Å². The van der Waals surface area contributed by atoms with Crippen molar-refractivity contribution in [2.75, 3.05) is 36.0 Å². The lowest BCUT2D eigenvalue weighted by Gasteiger charge is -2.19. The van der Waals surface area contributed by atoms with Gasteiger partial charge in [-0.2, -0.15) is 0 Å². The van der Waals surface area contributed by atoms with Gasteiger partial charge >= 0.3 is 6.03 Å². The molecule has 0 bridgehead atoms. The first-order valence-electron chi connectivity index (χ1n) is 11.7. The van der Waals surface area contributed by atoms with E-state index in [9.17, 15) is 18.0 Å². The highest BCUT2D eigenvalue weighted by Crippen LogP contribution is 2.36. The summed E-state index contributed by atoms with van der Waals surface area (Å²) in [6.07, 6.45) is 3.27. The van der Waals surface area contributed by atoms with E-state index < -0.39 is 16.1 Å². The van der Waals surface area contributed by atoms with Crippen molar-refractivity contribution in [3.63, 3.8) is 0 Å². The van der Waals surface area contributed by atoms with Crippen LogP contribution in [0, 0.1) is 0 Å². The minimum absolute atomic E-state index is 0.0798. The van der Waals surface area contributed by atoms with Crippen LogP contribution in [0.4, 0.5) is 16.2 Å². The second-order valence-electron chi connectivity index (χ2n) is 9.50. The number of thiophene rings is 1. The number of nitrogens with zero attached hydrogens (tertiary/aromatic N) is 2. The summed E-state index contributed by atoms with van der Waals surface area (Å²) in [7, 11) is -3.40. The third-order valence-electron chi connectivity index (χ3n) is 5.53. The van der Waals surface area contributed by atoms with Crippen LogP contribution < -0.4 is 20.1 Å². The van der Waals surface area contributed by atoms with E-state index >= 15 is 0 Å². The molecule has 0 atom stereocenters. The van der Waals surface area contributed by atoms with Gasteiger partial charge in [0.05, 0.1) is 11.4 Å². The number of hydrogen-bond donors (Lipinski definition) is 3. The number of aromatic nitrogens is 1. The molecule has 3 amide bonds. The molecule has 3 heterocycles. The maximum atomic E-state index is 13.4. The van der Waals surface area contributed by atoms with Gasteiger partial charge in [0, 0.05) is 42.6 Å². The Bertz CT molecular complexity index is 1370. The van der Waals surface area contributed by atoms with Crippen LogP contribution in [-0.2, 0) is 15.4 Å². The number of amides is 3. The number of rotatable bonds is 5. The Morgan fingerprint density at radius 1 is 1.03 bits per heavy atom. The van der Waals surface area contributed by atoms with E-state index in [1.807, 2.05) is 20.8 Å². The van der Waals surface area contributed by atoms with Gasteiger partial charge in [-0.3, -0.25) is 9.78 Å². The molecule has 4 rings (SSSR count). The summed E-state index contributed by atoms with van der Waals surface area (Å²) in [5, 5.41) is 5.57. The summed E-state index contributed by atoms with van der Waals surface area (Å²) in [5.41, 5.74) is 0.683. The smallest absolute Gasteiger partial charge is 0.323 e. The molecule has 0 saturated carbocycles. The van der Waals surface area contributed by atoms with Crippen molar-refractivity contribution >= 4 is 44.7 Å². The zero-order valence-corrected chi connectivity index (χ0v) is 22.4. The van der Waals surface area contributed by atoms with Gasteiger partial charge < -0.3 is 20.3 Å². The first-order valence-corrected chi connectivity index (χ1v) is 14.1. The molecule has 0 unspecified atom stereocenters. The first kappa shape index (κ1) is 26.6. The minimum Gasteiger partial charge on any atom is -0.457 e. The maximum absolute atomic E-state index is 13.4. The zero-order chi connectivity index (χ0) is 26.6. The fraction of sp³-hybridized carbons (Fsp3) is 0.320. The molecule has 196 valence electrons. The lowest BCUT2D eigenvalue weighted by Crippen LogP contribution is -2.35. The van der Waals surface area contributed by atoms with Crippen LogP contribution in [0.25, 0.3) is 0 Å². The number of carbonyl (C=O) groups is 2. The summed E-state index contributed by atoms with van der Waals surface area (Å²) >= 11 is 1.30. The Morgan fingerprint density at radius 2 is 1.70 bits per heavy atom. The molecule has 1 aliphatic rings. The van der Waals surface area contributed by atoms with Gasteiger partial charge in [-0.15, -0.1) is 11.3 Å². The van der Waals surface area contributed by atoms with Crippen molar-refractivity contribution in [2.45, 2.75) is 26.2 Å². The van der Waals surface area contributed by atoms with Crippen molar-refractivity contribution in [3.05, 3.63) is 64.6 Å². The van der Waals surface area contributed by atoms with Gasteiger partial charge in [-0.25, -0.2) is 17.9 Å². The van der Waals surface area contributed by atoms with Gasteiger partial charge in [0.2, 0.25) is 10.0 Å². The fourth-order valence-corrected chi connectivity index (χ4v) is 5.69. The van der Waals surface area contributed by atoms with E-state index in [1.165, 1.54) is 16.2 Å². The Balaban J connectivity index is 1.47. The third kappa shape index (κ3) is 7.06. The first-order chi connectivity index (χ1) is 17.5. The summed E-state index contributed by atoms with van der Waals surface area (Å²) in [6, 6.07) is 11.7. The molecular formula is C25H29N5O5S2. The van der Waals surface area contributed by atoms with Crippen LogP contribution in [0.15, 0.2) is 54.9 Å². The number of benzene rings is 1. The number of anilines is 2. The Morgan fingerprint density at radius 3 is 2.38 bits per heavy atom. The van der Waals surface area contributed by atoms with Gasteiger partial charge in [0.25, 0.3) is 5.91 Å². The van der Waals surface area contributed by atoms with E-state index in [1.54, 1.807) is 54.9 Å². The quantitative estimate of drug-likeness (QED) is 0.441. The highest BCUT2D eigenvalue weighted by Gasteiger charge is 2.29. The van der Waals surface area contributed by atoms with Crippen LogP contribution in [0.5, 0.6) is 11.5 Å². The van der Waals surface area contributed by atoms with Crippen LogP contribution in [0.2, 0.25) is 0 Å². The molecule has 3 aromatic rings. The summed E-state index contributed by atoms with van der Waals surface area (Å²) in [5.74, 6) is 0.773. The number of nitrogens with one attached hydrogen (secondary N) is 3. The van der Waals surface area contributed by atoms with Crippen molar-refractivity contribution < 1.29 is 22.7 Å². The van der Waals surface area contributed by atoms with Crippen LogP contribution in [0.3, 0.4) is 0 Å². The molecule has 1 fully saturated rings. The summed E-state index contributed by atoms with van der Waals surface area (Å²) in [6.45, 7) is 6.55. The summed E-state index contributed by atoms with van der Waals surface area (Å²) in [4.78, 5) is 32.9. The van der Waals surface area contributed by atoms with E-state index in [2.05, 4.69) is 20.3 Å². The highest BCUT2D eigenvalue weighted by atomic mass is 32.2. The van der Waals surface area contributed by atoms with Gasteiger partial charge in [0.15, 0.2) is 0 Å². The second-order valence-corrected chi connectivity index (χ2v) is 12.5. The normalized spacial score (nSPS) is 15.5. The Labute approximate surface area is 220 Å². The molecule has 0 radical (unpaired) electrons. The lowest BCUT2D eigenvalue weighted by molar-refractivity contribution is 0.0777. The molecular weight excluding hydrogens is 514 g/mol. The number of sulfonamides is 1. The SMILES string of the molecule is CC(C)(C)c1cc(NC(=O)Nc2ccc(Oc3ccncc3)cc2)c(C(=O)N2CCNS(=O)(=O)CC2)s1. The topological polar surface area (TPSA) is 130 Å². The van der Waals surface area contributed by atoms with Crippen molar-refractivity contribution in [1.29, 1.82) is 0 Å². The summed E-state index contributed by atoms with van der Waals surface area (Å²) < 4.78 is 32.0. The van der Waals surface area contributed by atoms with Crippen LogP contribution in [0.1, 0.15) is 35.3 Å². The largest absolute Gasteiger partial charge is 0.457 e. The zero-order valence-electron chi connectivity index (χ0n) is 20.8. The lowest BCUT2D eigenvalue weighted by atomic mass is 9.94. The molecule has 2 aromatic heterocycles. The van der Waals surface area contributed by atoms with Gasteiger partial charge in [-0.05, 0) is 47.9 Å². The Kier molecular flexibility index (Phi) is 7.81. The number of hydrogen-bond acceptors (Lipinski definition) is 7. The van der Waals surface area contributed by atoms with E-state index in [0.717, 1.165) is 4.88 Å². The number of carbonyl (C=O) groups excluding carboxylic acids is 2. The fourth-order valence-electron chi connectivity index (χ4n) is 3.54. The van der Waals surface area contributed by atoms with E-state index in [0.29, 0.717) is 27.8 Å². The molecule has 1 aromatic carbocycles. The third-order valence-corrected chi connectivity index (χ3v) is 8.44. The van der Waals surface area contributed by atoms with Crippen LogP contribution in [-0.4, -0.2) is 55.6 Å². The average molecular weight is 544 g/mol. The molecule has 1 saturated heterocycles.